The van der Waals surface area contributed by atoms with Crippen LogP contribution in [0, 0.1) is 0 Å². The maximum Gasteiger partial charge on any atom is 0.309 e. The van der Waals surface area contributed by atoms with Crippen molar-refractivity contribution in [3.8, 4) is 0 Å². The second-order valence-corrected chi connectivity index (χ2v) is 7.98. The molecule has 6 heteroatoms. The predicted molar refractivity (Wildman–Crippen MR) is 112 cm³/mol. The minimum absolute atomic E-state index is 0.113. The van der Waals surface area contributed by atoms with Gasteiger partial charge in [-0.1, -0.05) is 43.9 Å². The Labute approximate surface area is 171 Å². The molecule has 2 aliphatic rings. The Balaban J connectivity index is 1.40. The summed E-state index contributed by atoms with van der Waals surface area (Å²) in [5.74, 6) is -0.318. The first-order valence-corrected chi connectivity index (χ1v) is 10.7. The molecule has 1 aliphatic carbocycles. The molecule has 1 saturated carbocycles. The van der Waals surface area contributed by atoms with E-state index in [4.69, 9.17) is 4.42 Å². The van der Waals surface area contributed by atoms with Gasteiger partial charge in [-0.2, -0.15) is 0 Å². The van der Waals surface area contributed by atoms with E-state index in [1.165, 1.54) is 18.4 Å². The number of hydrogen-bond acceptors (Lipinski definition) is 4. The summed E-state index contributed by atoms with van der Waals surface area (Å²) in [6, 6.07) is 12.0. The number of benzene rings is 1. The lowest BCUT2D eigenvalue weighted by atomic mass is 10.1. The molecular formula is C23H29N3O3. The Kier molecular flexibility index (Phi) is 6.17. The van der Waals surface area contributed by atoms with Crippen LogP contribution in [0.25, 0.3) is 0 Å². The highest BCUT2D eigenvalue weighted by Gasteiger charge is 2.30. The lowest BCUT2D eigenvalue weighted by molar-refractivity contribution is -0.139. The van der Waals surface area contributed by atoms with Crippen molar-refractivity contribution in [2.75, 3.05) is 18.0 Å². The minimum atomic E-state index is -0.571. The molecule has 6 nitrogen and oxygen atoms in total. The lowest BCUT2D eigenvalue weighted by Gasteiger charge is -2.29. The maximum atomic E-state index is 12.5. The van der Waals surface area contributed by atoms with Crippen LogP contribution >= 0.6 is 0 Å². The summed E-state index contributed by atoms with van der Waals surface area (Å²) in [6.07, 6.45) is 9.16. The van der Waals surface area contributed by atoms with Crippen LogP contribution in [-0.2, 0) is 16.0 Å². The van der Waals surface area contributed by atoms with E-state index in [0.717, 1.165) is 50.1 Å². The fraction of sp³-hybridized carbons (Fsp3) is 0.478. The summed E-state index contributed by atoms with van der Waals surface area (Å²) in [6.45, 7) is 1.17. The van der Waals surface area contributed by atoms with E-state index < -0.39 is 11.8 Å². The molecule has 1 atom stereocenters. The molecule has 4 rings (SSSR count). The standard InChI is InChI=1S/C23H29N3O3/c27-22(23(28)25-18-9-3-1-2-4-10-18)24-16-20(21-12-7-15-29-21)26-14-13-17-8-5-6-11-19(17)26/h5-8,11-12,15,18,20H,1-4,9-10,13-14,16H2,(H,24,27)(H,25,28). The summed E-state index contributed by atoms with van der Waals surface area (Å²) in [5, 5.41) is 5.75. The first-order valence-electron chi connectivity index (χ1n) is 10.7. The van der Waals surface area contributed by atoms with Gasteiger partial charge in [-0.3, -0.25) is 9.59 Å². The van der Waals surface area contributed by atoms with Crippen molar-refractivity contribution in [3.63, 3.8) is 0 Å². The molecule has 2 aromatic rings. The third kappa shape index (κ3) is 4.63. The summed E-state index contributed by atoms with van der Waals surface area (Å²) in [5.41, 5.74) is 2.45. The number of anilines is 1. The minimum Gasteiger partial charge on any atom is -0.467 e. The molecule has 154 valence electrons. The van der Waals surface area contributed by atoms with Gasteiger partial charge in [-0.15, -0.1) is 0 Å². The third-order valence-corrected chi connectivity index (χ3v) is 6.02. The molecule has 1 aliphatic heterocycles. The van der Waals surface area contributed by atoms with Gasteiger partial charge in [0.2, 0.25) is 0 Å². The molecule has 1 aromatic heterocycles. The number of hydrogen-bond donors (Lipinski definition) is 2. The number of fused-ring (bicyclic) bond motifs is 1. The van der Waals surface area contributed by atoms with Crippen molar-refractivity contribution >= 4 is 17.5 Å². The van der Waals surface area contributed by atoms with Crippen LogP contribution < -0.4 is 15.5 Å². The van der Waals surface area contributed by atoms with Gasteiger partial charge in [-0.25, -0.2) is 0 Å². The molecule has 0 radical (unpaired) electrons. The van der Waals surface area contributed by atoms with Crippen molar-refractivity contribution in [2.24, 2.45) is 0 Å². The highest BCUT2D eigenvalue weighted by molar-refractivity contribution is 6.35. The second-order valence-electron chi connectivity index (χ2n) is 7.98. The quantitative estimate of drug-likeness (QED) is 0.602. The molecule has 1 unspecified atom stereocenters. The van der Waals surface area contributed by atoms with Crippen molar-refractivity contribution in [1.29, 1.82) is 0 Å². The van der Waals surface area contributed by atoms with Gasteiger partial charge < -0.3 is 20.0 Å². The van der Waals surface area contributed by atoms with Gasteiger partial charge in [0.05, 0.1) is 6.26 Å². The average molecular weight is 396 g/mol. The number of amides is 2. The number of rotatable bonds is 5. The van der Waals surface area contributed by atoms with Crippen LogP contribution in [0.3, 0.4) is 0 Å². The van der Waals surface area contributed by atoms with Crippen LogP contribution in [0.15, 0.2) is 47.1 Å². The molecule has 0 spiro atoms. The van der Waals surface area contributed by atoms with Crippen molar-refractivity contribution in [1.82, 2.24) is 10.6 Å². The van der Waals surface area contributed by atoms with Gasteiger partial charge in [0.15, 0.2) is 0 Å². The van der Waals surface area contributed by atoms with Crippen molar-refractivity contribution in [2.45, 2.75) is 57.0 Å². The summed E-state index contributed by atoms with van der Waals surface area (Å²) in [4.78, 5) is 27.1. The lowest BCUT2D eigenvalue weighted by Crippen LogP contribution is -2.46. The van der Waals surface area contributed by atoms with Gasteiger partial charge >= 0.3 is 11.8 Å². The van der Waals surface area contributed by atoms with E-state index in [1.54, 1.807) is 6.26 Å². The summed E-state index contributed by atoms with van der Waals surface area (Å²) < 4.78 is 5.66. The van der Waals surface area contributed by atoms with Crippen molar-refractivity contribution < 1.29 is 14.0 Å². The fourth-order valence-corrected chi connectivity index (χ4v) is 4.48. The van der Waals surface area contributed by atoms with Crippen molar-refractivity contribution in [3.05, 3.63) is 54.0 Å². The molecule has 1 aromatic carbocycles. The third-order valence-electron chi connectivity index (χ3n) is 6.02. The molecule has 2 heterocycles. The molecule has 0 saturated heterocycles. The average Bonchev–Trinajstić information content (AvgIpc) is 3.34. The Morgan fingerprint density at radius 3 is 2.59 bits per heavy atom. The smallest absolute Gasteiger partial charge is 0.309 e. The zero-order chi connectivity index (χ0) is 20.1. The molecule has 1 fully saturated rings. The molecule has 0 bridgehead atoms. The Bertz CT molecular complexity index is 826. The van der Waals surface area contributed by atoms with Crippen LogP contribution in [-0.4, -0.2) is 30.9 Å². The topological polar surface area (TPSA) is 74.6 Å². The van der Waals surface area contributed by atoms with Crippen LogP contribution in [0.5, 0.6) is 0 Å². The van der Waals surface area contributed by atoms with Gasteiger partial charge in [0, 0.05) is 24.8 Å². The zero-order valence-corrected chi connectivity index (χ0v) is 16.7. The highest BCUT2D eigenvalue weighted by atomic mass is 16.3. The number of nitrogens with one attached hydrogen (secondary N) is 2. The van der Waals surface area contributed by atoms with E-state index in [9.17, 15) is 9.59 Å². The predicted octanol–water partition coefficient (Wildman–Crippen LogP) is 3.34. The zero-order valence-electron chi connectivity index (χ0n) is 16.7. The Hall–Kier alpha value is -2.76. The van der Waals surface area contributed by atoms with E-state index in [0.29, 0.717) is 6.54 Å². The fourth-order valence-electron chi connectivity index (χ4n) is 4.48. The molecular weight excluding hydrogens is 366 g/mol. The van der Waals surface area contributed by atoms with E-state index >= 15 is 0 Å². The first-order chi connectivity index (χ1) is 14.2. The van der Waals surface area contributed by atoms with Gasteiger partial charge in [-0.05, 0) is 43.0 Å². The Morgan fingerprint density at radius 1 is 1.03 bits per heavy atom. The van der Waals surface area contributed by atoms with E-state index in [2.05, 4.69) is 27.7 Å². The largest absolute Gasteiger partial charge is 0.467 e. The van der Waals surface area contributed by atoms with Crippen LogP contribution in [0.1, 0.15) is 55.9 Å². The SMILES string of the molecule is O=C(NCC(c1ccco1)N1CCc2ccccc21)C(=O)NC1CCCCCC1. The van der Waals surface area contributed by atoms with E-state index in [-0.39, 0.29) is 12.1 Å². The summed E-state index contributed by atoms with van der Waals surface area (Å²) in [7, 11) is 0. The van der Waals surface area contributed by atoms with Gasteiger partial charge in [0.25, 0.3) is 0 Å². The monoisotopic (exact) mass is 395 g/mol. The highest BCUT2D eigenvalue weighted by Crippen LogP contribution is 2.34. The molecule has 29 heavy (non-hydrogen) atoms. The normalized spacial score (nSPS) is 18.0. The first kappa shape index (κ1) is 19.6. The number of para-hydroxylation sites is 1. The number of carbonyl (C=O) groups is 2. The van der Waals surface area contributed by atoms with E-state index in [1.807, 2.05) is 24.3 Å². The number of nitrogens with zero attached hydrogens (tertiary/aromatic N) is 1. The van der Waals surface area contributed by atoms with Crippen LogP contribution in [0.4, 0.5) is 5.69 Å². The molecule has 2 N–H and O–H groups in total. The summed E-state index contributed by atoms with van der Waals surface area (Å²) >= 11 is 0. The number of furan rings is 1. The second kappa shape index (κ2) is 9.16. The number of carbonyl (C=O) groups excluding carboxylic acids is 2. The molecule has 2 amide bonds. The maximum absolute atomic E-state index is 12.5. The Morgan fingerprint density at radius 2 is 1.83 bits per heavy atom. The van der Waals surface area contributed by atoms with Crippen LogP contribution in [0.2, 0.25) is 0 Å². The van der Waals surface area contributed by atoms with Gasteiger partial charge in [0.1, 0.15) is 11.8 Å².